The molecule has 0 atom stereocenters. The molecule has 5 rings (SSSR count). The highest BCUT2D eigenvalue weighted by Gasteiger charge is 2.31. The summed E-state index contributed by atoms with van der Waals surface area (Å²) in [6, 6.07) is 3.14. The Morgan fingerprint density at radius 1 is 1.06 bits per heavy atom. The minimum Gasteiger partial charge on any atom is -0.478 e. The standard InChI is InChI=1S/C22H28N4O4S/c1-23-13-16-12-19(21-26(16)9-4-10-30-21)31(28,29)25-22(27)24-20-17-7-2-5-14(17)11-15-6-3-8-18(15)20/h11-12,23H,2-10,13H2,1H3,(H2,24,25,27). The van der Waals surface area contributed by atoms with E-state index < -0.39 is 16.1 Å². The number of nitrogens with one attached hydrogen (secondary N) is 3. The lowest BCUT2D eigenvalue weighted by atomic mass is 9.99. The van der Waals surface area contributed by atoms with Crippen LogP contribution in [0.1, 0.15) is 47.2 Å². The number of fused-ring (bicyclic) bond motifs is 3. The molecule has 0 radical (unpaired) electrons. The molecule has 3 N–H and O–H groups in total. The number of rotatable bonds is 5. The van der Waals surface area contributed by atoms with Crippen LogP contribution in [0.4, 0.5) is 10.5 Å². The predicted molar refractivity (Wildman–Crippen MR) is 117 cm³/mol. The van der Waals surface area contributed by atoms with Crippen LogP contribution in [0.25, 0.3) is 0 Å². The van der Waals surface area contributed by atoms with E-state index in [0.717, 1.165) is 67.5 Å². The number of amides is 2. The van der Waals surface area contributed by atoms with Crippen LogP contribution in [0.15, 0.2) is 17.0 Å². The van der Waals surface area contributed by atoms with Crippen LogP contribution in [0, 0.1) is 0 Å². The zero-order chi connectivity index (χ0) is 21.6. The van der Waals surface area contributed by atoms with E-state index in [1.165, 1.54) is 11.1 Å². The molecule has 166 valence electrons. The summed E-state index contributed by atoms with van der Waals surface area (Å²) in [7, 11) is -2.28. The van der Waals surface area contributed by atoms with Crippen molar-refractivity contribution in [1.29, 1.82) is 0 Å². The number of aromatic nitrogens is 1. The first-order valence-electron chi connectivity index (χ1n) is 11.0. The van der Waals surface area contributed by atoms with Gasteiger partial charge in [-0.25, -0.2) is 17.9 Å². The van der Waals surface area contributed by atoms with Crippen LogP contribution in [-0.2, 0) is 48.8 Å². The van der Waals surface area contributed by atoms with Crippen molar-refractivity contribution in [2.45, 2.75) is 62.9 Å². The number of ether oxygens (including phenoxy) is 1. The Morgan fingerprint density at radius 2 is 1.77 bits per heavy atom. The number of anilines is 1. The normalized spacial score (nSPS) is 16.9. The number of carbonyl (C=O) groups is 1. The van der Waals surface area contributed by atoms with E-state index in [2.05, 4.69) is 21.4 Å². The molecular formula is C22H28N4O4S. The smallest absolute Gasteiger partial charge is 0.333 e. The van der Waals surface area contributed by atoms with Gasteiger partial charge in [0.1, 0.15) is 4.90 Å². The molecule has 1 aromatic carbocycles. The third-order valence-electron chi connectivity index (χ3n) is 6.45. The minimum atomic E-state index is -4.08. The van der Waals surface area contributed by atoms with Crippen molar-refractivity contribution >= 4 is 21.7 Å². The molecule has 31 heavy (non-hydrogen) atoms. The summed E-state index contributed by atoms with van der Waals surface area (Å²) in [4.78, 5) is 12.9. The zero-order valence-corrected chi connectivity index (χ0v) is 18.5. The van der Waals surface area contributed by atoms with Gasteiger partial charge in [0, 0.05) is 24.5 Å². The van der Waals surface area contributed by atoms with Gasteiger partial charge in [-0.05, 0) is 80.3 Å². The molecule has 9 heteroatoms. The monoisotopic (exact) mass is 444 g/mol. The van der Waals surface area contributed by atoms with Crippen molar-refractivity contribution in [3.8, 4) is 5.88 Å². The van der Waals surface area contributed by atoms with Crippen LogP contribution in [-0.4, -0.2) is 32.7 Å². The molecular weight excluding hydrogens is 416 g/mol. The molecule has 2 heterocycles. The second-order valence-electron chi connectivity index (χ2n) is 8.48. The molecule has 0 spiro atoms. The Morgan fingerprint density at radius 3 is 2.45 bits per heavy atom. The molecule has 8 nitrogen and oxygen atoms in total. The van der Waals surface area contributed by atoms with Crippen molar-refractivity contribution in [1.82, 2.24) is 14.6 Å². The Labute approximate surface area is 182 Å². The molecule has 2 aromatic rings. The molecule has 0 saturated heterocycles. The van der Waals surface area contributed by atoms with Gasteiger partial charge in [0.2, 0.25) is 5.88 Å². The number of carbonyl (C=O) groups excluding carboxylic acids is 1. The third kappa shape index (κ3) is 3.59. The Kier molecular flexibility index (Phi) is 5.18. The Balaban J connectivity index is 1.42. The number of hydrogen-bond donors (Lipinski definition) is 3. The van der Waals surface area contributed by atoms with Crippen molar-refractivity contribution in [3.63, 3.8) is 0 Å². The molecule has 3 aliphatic rings. The minimum absolute atomic E-state index is 0.0103. The van der Waals surface area contributed by atoms with E-state index in [-0.39, 0.29) is 4.90 Å². The fraction of sp³-hybridized carbons (Fsp3) is 0.500. The predicted octanol–water partition coefficient (Wildman–Crippen LogP) is 2.48. The molecule has 0 bridgehead atoms. The van der Waals surface area contributed by atoms with E-state index in [9.17, 15) is 13.2 Å². The quantitative estimate of drug-likeness (QED) is 0.658. The number of urea groups is 1. The maximum Gasteiger partial charge on any atom is 0.333 e. The highest BCUT2D eigenvalue weighted by molar-refractivity contribution is 7.90. The molecule has 1 aliphatic heterocycles. The van der Waals surface area contributed by atoms with Crippen LogP contribution in [0.2, 0.25) is 0 Å². The molecule has 2 aliphatic carbocycles. The van der Waals surface area contributed by atoms with E-state index in [4.69, 9.17) is 4.74 Å². The number of nitrogens with zero attached hydrogens (tertiary/aromatic N) is 1. The average molecular weight is 445 g/mol. The fourth-order valence-corrected chi connectivity index (χ4v) is 6.24. The zero-order valence-electron chi connectivity index (χ0n) is 17.7. The number of hydrogen-bond acceptors (Lipinski definition) is 5. The molecule has 1 aromatic heterocycles. The van der Waals surface area contributed by atoms with Crippen molar-refractivity contribution in [2.24, 2.45) is 0 Å². The Hall–Kier alpha value is -2.52. The maximum atomic E-state index is 13.1. The van der Waals surface area contributed by atoms with E-state index >= 15 is 0 Å². The van der Waals surface area contributed by atoms with Gasteiger partial charge in [-0.3, -0.25) is 0 Å². The summed E-state index contributed by atoms with van der Waals surface area (Å²) in [6.45, 7) is 1.66. The van der Waals surface area contributed by atoms with Gasteiger partial charge in [0.15, 0.2) is 0 Å². The second kappa shape index (κ2) is 7.87. The maximum absolute atomic E-state index is 13.1. The number of aryl methyl sites for hydroxylation is 2. The molecule has 2 amide bonds. The number of benzene rings is 1. The van der Waals surface area contributed by atoms with Crippen LogP contribution in [0.5, 0.6) is 5.88 Å². The second-order valence-corrected chi connectivity index (χ2v) is 10.1. The van der Waals surface area contributed by atoms with E-state index in [0.29, 0.717) is 25.6 Å². The first-order chi connectivity index (χ1) is 15.0. The van der Waals surface area contributed by atoms with Gasteiger partial charge in [-0.1, -0.05) is 6.07 Å². The van der Waals surface area contributed by atoms with Crippen LogP contribution < -0.4 is 20.1 Å². The highest BCUT2D eigenvalue weighted by atomic mass is 32.2. The topological polar surface area (TPSA) is 101 Å². The van der Waals surface area contributed by atoms with Crippen molar-refractivity contribution in [2.75, 3.05) is 19.0 Å². The summed E-state index contributed by atoms with van der Waals surface area (Å²) in [5.74, 6) is 0.304. The Bertz CT molecular complexity index is 1120. The average Bonchev–Trinajstić information content (AvgIpc) is 3.46. The lowest BCUT2D eigenvalue weighted by Gasteiger charge is -2.20. The molecule has 0 saturated carbocycles. The van der Waals surface area contributed by atoms with Gasteiger partial charge >= 0.3 is 6.03 Å². The van der Waals surface area contributed by atoms with Crippen molar-refractivity contribution in [3.05, 3.63) is 40.1 Å². The fourth-order valence-electron chi connectivity index (χ4n) is 5.14. The largest absolute Gasteiger partial charge is 0.478 e. The van der Waals surface area contributed by atoms with Crippen LogP contribution >= 0.6 is 0 Å². The summed E-state index contributed by atoms with van der Waals surface area (Å²) in [6.07, 6.45) is 6.80. The first kappa shape index (κ1) is 20.4. The SMILES string of the molecule is CNCc1cc(S(=O)(=O)NC(=O)Nc2c3c(cc4c2CCC4)CCC3)c2n1CCCO2. The summed E-state index contributed by atoms with van der Waals surface area (Å²) in [5, 5.41) is 5.94. The van der Waals surface area contributed by atoms with Gasteiger partial charge < -0.3 is 19.9 Å². The molecule has 0 fully saturated rings. The summed E-state index contributed by atoms with van der Waals surface area (Å²) < 4.78 is 36.0. The van der Waals surface area contributed by atoms with Gasteiger partial charge in [0.05, 0.1) is 6.61 Å². The van der Waals surface area contributed by atoms with E-state index in [1.54, 1.807) is 13.1 Å². The third-order valence-corrected chi connectivity index (χ3v) is 7.78. The lowest BCUT2D eigenvalue weighted by molar-refractivity contribution is 0.231. The lowest BCUT2D eigenvalue weighted by Crippen LogP contribution is -2.35. The van der Waals surface area contributed by atoms with E-state index in [1.807, 2.05) is 4.57 Å². The molecule has 0 unspecified atom stereocenters. The number of sulfonamides is 1. The van der Waals surface area contributed by atoms with Gasteiger partial charge in [-0.2, -0.15) is 0 Å². The van der Waals surface area contributed by atoms with Gasteiger partial charge in [-0.15, -0.1) is 0 Å². The van der Waals surface area contributed by atoms with Crippen LogP contribution in [0.3, 0.4) is 0 Å². The van der Waals surface area contributed by atoms with Crippen molar-refractivity contribution < 1.29 is 17.9 Å². The first-order valence-corrected chi connectivity index (χ1v) is 12.5. The summed E-state index contributed by atoms with van der Waals surface area (Å²) >= 11 is 0. The highest BCUT2D eigenvalue weighted by Crippen LogP contribution is 2.38. The van der Waals surface area contributed by atoms with Gasteiger partial charge in [0.25, 0.3) is 10.0 Å². The summed E-state index contributed by atoms with van der Waals surface area (Å²) in [5.41, 5.74) is 6.52.